The molecule has 3 nitrogen and oxygen atoms in total. The van der Waals surface area contributed by atoms with Crippen LogP contribution in [0.2, 0.25) is 10.0 Å². The quantitative estimate of drug-likeness (QED) is 0.774. The molecule has 2 aromatic rings. The second-order valence-corrected chi connectivity index (χ2v) is 5.37. The van der Waals surface area contributed by atoms with Gasteiger partial charge in [0.15, 0.2) is 17.3 Å². The largest absolute Gasteiger partial charge is 0.504 e. The Kier molecular flexibility index (Phi) is 4.80. The van der Waals surface area contributed by atoms with Crippen LogP contribution in [0.4, 0.5) is 10.1 Å². The van der Waals surface area contributed by atoms with Gasteiger partial charge in [0.25, 0.3) is 0 Å². The van der Waals surface area contributed by atoms with Gasteiger partial charge in [-0.2, -0.15) is 0 Å². The van der Waals surface area contributed by atoms with Crippen molar-refractivity contribution in [3.63, 3.8) is 0 Å². The molecule has 2 aromatic carbocycles. The summed E-state index contributed by atoms with van der Waals surface area (Å²) < 4.78 is 18.4. The maximum Gasteiger partial charge on any atom is 0.160 e. The van der Waals surface area contributed by atoms with Crippen LogP contribution in [-0.2, 0) is 0 Å². The number of aromatic hydroxyl groups is 1. The maximum atomic E-state index is 13.4. The highest BCUT2D eigenvalue weighted by Gasteiger charge is 2.12. The van der Waals surface area contributed by atoms with Crippen molar-refractivity contribution in [2.24, 2.45) is 0 Å². The van der Waals surface area contributed by atoms with Crippen LogP contribution in [-0.4, -0.2) is 12.2 Å². The number of nitrogens with one attached hydrogen (secondary N) is 1. The van der Waals surface area contributed by atoms with Gasteiger partial charge in [-0.1, -0.05) is 29.3 Å². The van der Waals surface area contributed by atoms with Gasteiger partial charge in [-0.15, -0.1) is 0 Å². The van der Waals surface area contributed by atoms with Crippen molar-refractivity contribution in [1.29, 1.82) is 0 Å². The number of rotatable bonds is 4. The Morgan fingerprint density at radius 3 is 2.38 bits per heavy atom. The van der Waals surface area contributed by atoms with Gasteiger partial charge in [0.05, 0.1) is 17.2 Å². The molecule has 0 saturated heterocycles. The zero-order valence-electron chi connectivity index (χ0n) is 11.5. The zero-order valence-corrected chi connectivity index (χ0v) is 13.0. The molecule has 0 spiro atoms. The molecular formula is C15H14Cl2FNO2. The molecule has 0 bridgehead atoms. The molecule has 112 valence electrons. The lowest BCUT2D eigenvalue weighted by Crippen LogP contribution is -2.07. The van der Waals surface area contributed by atoms with E-state index in [4.69, 9.17) is 27.9 Å². The molecule has 0 fully saturated rings. The van der Waals surface area contributed by atoms with E-state index in [9.17, 15) is 9.50 Å². The standard InChI is InChI=1S/C15H14Cl2FNO2/c1-8(9-3-4-13(20)14(5-9)21-2)19-10-6-11(16)15(18)12(17)7-10/h3-8,19-20H,1-2H3. The highest BCUT2D eigenvalue weighted by atomic mass is 35.5. The molecule has 0 radical (unpaired) electrons. The first-order valence-corrected chi connectivity index (χ1v) is 6.96. The van der Waals surface area contributed by atoms with Crippen LogP contribution < -0.4 is 10.1 Å². The number of ether oxygens (including phenoxy) is 1. The Balaban J connectivity index is 2.23. The third-order valence-electron chi connectivity index (χ3n) is 3.07. The molecule has 0 saturated carbocycles. The van der Waals surface area contributed by atoms with Gasteiger partial charge in [-0.25, -0.2) is 4.39 Å². The number of hydrogen-bond acceptors (Lipinski definition) is 3. The van der Waals surface area contributed by atoms with Crippen molar-refractivity contribution < 1.29 is 14.2 Å². The summed E-state index contributed by atoms with van der Waals surface area (Å²) in [6.07, 6.45) is 0. The van der Waals surface area contributed by atoms with E-state index in [1.54, 1.807) is 18.2 Å². The fourth-order valence-electron chi connectivity index (χ4n) is 1.94. The number of phenolic OH excluding ortho intramolecular Hbond substituents is 1. The van der Waals surface area contributed by atoms with E-state index in [1.165, 1.54) is 19.2 Å². The zero-order chi connectivity index (χ0) is 15.6. The third kappa shape index (κ3) is 3.52. The molecule has 1 unspecified atom stereocenters. The maximum absolute atomic E-state index is 13.4. The highest BCUT2D eigenvalue weighted by Crippen LogP contribution is 2.32. The predicted octanol–water partition coefficient (Wildman–Crippen LogP) is 5.02. The fourth-order valence-corrected chi connectivity index (χ4v) is 2.42. The monoisotopic (exact) mass is 329 g/mol. The molecule has 6 heteroatoms. The number of phenols is 1. The van der Waals surface area contributed by atoms with E-state index >= 15 is 0 Å². The van der Waals surface area contributed by atoms with Crippen molar-refractivity contribution in [3.8, 4) is 11.5 Å². The lowest BCUT2D eigenvalue weighted by molar-refractivity contribution is 0.373. The average Bonchev–Trinajstić information content (AvgIpc) is 2.45. The van der Waals surface area contributed by atoms with Crippen LogP contribution in [0.15, 0.2) is 30.3 Å². The number of hydrogen-bond donors (Lipinski definition) is 2. The highest BCUT2D eigenvalue weighted by molar-refractivity contribution is 6.35. The Bertz CT molecular complexity index is 641. The van der Waals surface area contributed by atoms with Gasteiger partial charge in [-0.05, 0) is 36.8 Å². The minimum absolute atomic E-state index is 0.0412. The summed E-state index contributed by atoms with van der Waals surface area (Å²) in [5.41, 5.74) is 1.49. The topological polar surface area (TPSA) is 41.5 Å². The average molecular weight is 330 g/mol. The summed E-state index contributed by atoms with van der Waals surface area (Å²) >= 11 is 11.5. The van der Waals surface area contributed by atoms with Gasteiger partial charge in [0, 0.05) is 11.7 Å². The van der Waals surface area contributed by atoms with E-state index in [1.807, 2.05) is 6.92 Å². The molecule has 0 amide bonds. The molecule has 2 N–H and O–H groups in total. The lowest BCUT2D eigenvalue weighted by Gasteiger charge is -2.17. The van der Waals surface area contributed by atoms with Crippen molar-refractivity contribution in [2.75, 3.05) is 12.4 Å². The van der Waals surface area contributed by atoms with Crippen LogP contribution in [0.1, 0.15) is 18.5 Å². The Labute approximate surface area is 132 Å². The van der Waals surface area contributed by atoms with Crippen LogP contribution in [0.3, 0.4) is 0 Å². The summed E-state index contributed by atoms with van der Waals surface area (Å²) in [6.45, 7) is 1.91. The molecule has 0 aliphatic carbocycles. The first-order valence-electron chi connectivity index (χ1n) is 6.20. The van der Waals surface area contributed by atoms with E-state index in [-0.39, 0.29) is 21.8 Å². The predicted molar refractivity (Wildman–Crippen MR) is 83.1 cm³/mol. The Morgan fingerprint density at radius 1 is 1.19 bits per heavy atom. The summed E-state index contributed by atoms with van der Waals surface area (Å²) in [5, 5.41) is 12.7. The number of anilines is 1. The number of benzene rings is 2. The Morgan fingerprint density at radius 2 is 1.81 bits per heavy atom. The van der Waals surface area contributed by atoms with Gasteiger partial charge < -0.3 is 15.2 Å². The minimum atomic E-state index is -0.636. The number of halogens is 3. The van der Waals surface area contributed by atoms with Gasteiger partial charge in [-0.3, -0.25) is 0 Å². The smallest absolute Gasteiger partial charge is 0.160 e. The minimum Gasteiger partial charge on any atom is -0.504 e. The molecule has 0 aliphatic heterocycles. The van der Waals surface area contributed by atoms with Crippen LogP contribution in [0, 0.1) is 5.82 Å². The van der Waals surface area contributed by atoms with Crippen LogP contribution in [0.25, 0.3) is 0 Å². The van der Waals surface area contributed by atoms with Crippen molar-refractivity contribution in [3.05, 3.63) is 51.8 Å². The van der Waals surface area contributed by atoms with E-state index < -0.39 is 5.82 Å². The van der Waals surface area contributed by atoms with Gasteiger partial charge in [0.2, 0.25) is 0 Å². The van der Waals surface area contributed by atoms with E-state index in [2.05, 4.69) is 5.32 Å². The van der Waals surface area contributed by atoms with Crippen LogP contribution in [0.5, 0.6) is 11.5 Å². The summed E-state index contributed by atoms with van der Waals surface area (Å²) in [7, 11) is 1.48. The summed E-state index contributed by atoms with van der Waals surface area (Å²) in [4.78, 5) is 0. The van der Waals surface area contributed by atoms with Crippen molar-refractivity contribution >= 4 is 28.9 Å². The summed E-state index contributed by atoms with van der Waals surface area (Å²) in [6, 6.07) is 7.87. The van der Waals surface area contributed by atoms with Gasteiger partial charge in [0.1, 0.15) is 0 Å². The van der Waals surface area contributed by atoms with Crippen molar-refractivity contribution in [2.45, 2.75) is 13.0 Å². The molecular weight excluding hydrogens is 316 g/mol. The second-order valence-electron chi connectivity index (χ2n) is 4.55. The van der Waals surface area contributed by atoms with Gasteiger partial charge >= 0.3 is 0 Å². The van der Waals surface area contributed by atoms with Crippen molar-refractivity contribution in [1.82, 2.24) is 0 Å². The molecule has 0 aromatic heterocycles. The fraction of sp³-hybridized carbons (Fsp3) is 0.200. The lowest BCUT2D eigenvalue weighted by atomic mass is 10.1. The SMILES string of the molecule is COc1cc(C(C)Nc2cc(Cl)c(F)c(Cl)c2)ccc1O. The van der Waals surface area contributed by atoms with Crippen LogP contribution >= 0.6 is 23.2 Å². The molecule has 2 rings (SSSR count). The second kappa shape index (κ2) is 6.41. The summed E-state index contributed by atoms with van der Waals surface area (Å²) in [5.74, 6) is -0.180. The Hall–Kier alpha value is -1.65. The number of methoxy groups -OCH3 is 1. The third-order valence-corrected chi connectivity index (χ3v) is 3.62. The normalized spacial score (nSPS) is 12.0. The van der Waals surface area contributed by atoms with E-state index in [0.29, 0.717) is 11.4 Å². The molecule has 0 aliphatic rings. The molecule has 1 atom stereocenters. The first-order chi connectivity index (χ1) is 9.92. The molecule has 21 heavy (non-hydrogen) atoms. The van der Waals surface area contributed by atoms with E-state index in [0.717, 1.165) is 5.56 Å². The first kappa shape index (κ1) is 15.7. The molecule has 0 heterocycles.